The number of hydrogen-bond donors (Lipinski definition) is 2. The Balaban J connectivity index is 1.29. The smallest absolute Gasteiger partial charge is 0.262 e. The molecule has 6 nitrogen and oxygen atoms in total. The van der Waals surface area contributed by atoms with Gasteiger partial charge in [0, 0.05) is 11.5 Å². The third-order valence-electron chi connectivity index (χ3n) is 4.66. The molecule has 0 aromatic heterocycles. The molecule has 1 fully saturated rings. The Morgan fingerprint density at radius 2 is 2.00 bits per heavy atom. The molecule has 1 saturated heterocycles. The minimum Gasteiger partial charge on any atom is -0.484 e. The maximum atomic E-state index is 12.3. The Morgan fingerprint density at radius 3 is 2.76 bits per heavy atom. The van der Waals surface area contributed by atoms with E-state index < -0.39 is 0 Å². The lowest BCUT2D eigenvalue weighted by atomic mass is 10.1. The Bertz CT molecular complexity index is 898. The molecule has 1 unspecified atom stereocenters. The van der Waals surface area contributed by atoms with Crippen LogP contribution in [0.5, 0.6) is 11.5 Å². The van der Waals surface area contributed by atoms with E-state index in [1.54, 1.807) is 6.07 Å². The monoisotopic (exact) mass is 430 g/mol. The number of anilines is 1. The lowest BCUT2D eigenvalue weighted by Crippen LogP contribution is -2.31. The van der Waals surface area contributed by atoms with Crippen molar-refractivity contribution in [3.05, 3.63) is 53.6 Å². The third kappa shape index (κ3) is 5.00. The third-order valence-corrected chi connectivity index (χ3v) is 7.76. The fourth-order valence-corrected chi connectivity index (χ4v) is 6.02. The molecule has 2 heterocycles. The van der Waals surface area contributed by atoms with Crippen molar-refractivity contribution in [2.75, 3.05) is 30.0 Å². The minimum atomic E-state index is -0.228. The van der Waals surface area contributed by atoms with E-state index in [-0.39, 0.29) is 31.1 Å². The molecule has 0 spiro atoms. The standard InChI is InChI=1S/C21H22N2O4S2/c1-13(15-4-7-18-17(10-15)23-20(25)12-27-18)22-19(24)11-26-16-5-2-14(3-6-16)21-28-8-9-29-21/h2-7,10,13,21H,8-9,11-12H2,1H3,(H,22,24)(H,23,25). The number of benzene rings is 2. The van der Waals surface area contributed by atoms with Gasteiger partial charge in [-0.15, -0.1) is 23.5 Å². The van der Waals surface area contributed by atoms with Crippen LogP contribution in [-0.2, 0) is 9.59 Å². The maximum absolute atomic E-state index is 12.3. The van der Waals surface area contributed by atoms with E-state index in [0.717, 1.165) is 5.56 Å². The van der Waals surface area contributed by atoms with Gasteiger partial charge in [-0.25, -0.2) is 0 Å². The molecular weight excluding hydrogens is 408 g/mol. The van der Waals surface area contributed by atoms with Crippen molar-refractivity contribution in [1.29, 1.82) is 0 Å². The molecule has 8 heteroatoms. The van der Waals surface area contributed by atoms with Crippen LogP contribution in [0.15, 0.2) is 42.5 Å². The van der Waals surface area contributed by atoms with Crippen LogP contribution < -0.4 is 20.1 Å². The Morgan fingerprint density at radius 1 is 1.24 bits per heavy atom. The summed E-state index contributed by atoms with van der Waals surface area (Å²) in [7, 11) is 0. The van der Waals surface area contributed by atoms with Gasteiger partial charge >= 0.3 is 0 Å². The van der Waals surface area contributed by atoms with Crippen molar-refractivity contribution in [3.63, 3.8) is 0 Å². The van der Waals surface area contributed by atoms with Gasteiger partial charge in [-0.05, 0) is 42.3 Å². The fourth-order valence-electron chi connectivity index (χ4n) is 3.16. The summed E-state index contributed by atoms with van der Waals surface area (Å²) in [6.45, 7) is 1.85. The molecule has 2 N–H and O–H groups in total. The number of thioether (sulfide) groups is 2. The van der Waals surface area contributed by atoms with Crippen molar-refractivity contribution >= 4 is 41.0 Å². The second-order valence-electron chi connectivity index (χ2n) is 6.81. The molecule has 2 aliphatic rings. The van der Waals surface area contributed by atoms with E-state index in [4.69, 9.17) is 9.47 Å². The Kier molecular flexibility index (Phi) is 6.20. The average molecular weight is 431 g/mol. The molecule has 4 rings (SSSR count). The van der Waals surface area contributed by atoms with E-state index in [0.29, 0.717) is 21.8 Å². The molecule has 2 aromatic rings. The van der Waals surface area contributed by atoms with Crippen LogP contribution in [0.1, 0.15) is 28.7 Å². The second kappa shape index (κ2) is 9.00. The first-order chi connectivity index (χ1) is 14.1. The van der Waals surface area contributed by atoms with Gasteiger partial charge in [0.25, 0.3) is 11.8 Å². The molecule has 152 valence electrons. The summed E-state index contributed by atoms with van der Waals surface area (Å²) in [4.78, 5) is 23.8. The Hall–Kier alpha value is -2.32. The quantitative estimate of drug-likeness (QED) is 0.727. The summed E-state index contributed by atoms with van der Waals surface area (Å²) in [5.41, 5.74) is 2.78. The summed E-state index contributed by atoms with van der Waals surface area (Å²) >= 11 is 3.92. The van der Waals surface area contributed by atoms with Crippen molar-refractivity contribution in [3.8, 4) is 11.5 Å². The van der Waals surface area contributed by atoms with E-state index in [9.17, 15) is 9.59 Å². The van der Waals surface area contributed by atoms with Gasteiger partial charge in [0.2, 0.25) is 0 Å². The van der Waals surface area contributed by atoms with E-state index in [2.05, 4.69) is 22.8 Å². The average Bonchev–Trinajstić information content (AvgIpc) is 3.27. The van der Waals surface area contributed by atoms with Crippen LogP contribution >= 0.6 is 23.5 Å². The number of ether oxygens (including phenoxy) is 2. The highest BCUT2D eigenvalue weighted by atomic mass is 32.2. The number of hydrogen-bond acceptors (Lipinski definition) is 6. The van der Waals surface area contributed by atoms with Crippen LogP contribution in [-0.4, -0.2) is 36.5 Å². The summed E-state index contributed by atoms with van der Waals surface area (Å²) in [5, 5.41) is 5.69. The predicted octanol–water partition coefficient (Wildman–Crippen LogP) is 3.75. The highest BCUT2D eigenvalue weighted by Crippen LogP contribution is 2.45. The molecule has 2 aliphatic heterocycles. The number of fused-ring (bicyclic) bond motifs is 1. The normalized spacial score (nSPS) is 17.1. The van der Waals surface area contributed by atoms with Gasteiger partial charge < -0.3 is 20.1 Å². The van der Waals surface area contributed by atoms with Gasteiger partial charge in [0.1, 0.15) is 11.5 Å². The summed E-state index contributed by atoms with van der Waals surface area (Å²) in [6.07, 6.45) is 0. The molecule has 2 amide bonds. The van der Waals surface area contributed by atoms with Gasteiger partial charge in [0.05, 0.1) is 16.3 Å². The maximum Gasteiger partial charge on any atom is 0.262 e. The van der Waals surface area contributed by atoms with Crippen LogP contribution in [0.3, 0.4) is 0 Å². The molecule has 0 saturated carbocycles. The SMILES string of the molecule is CC(NC(=O)COc1ccc(C2SCCS2)cc1)c1ccc2c(c1)NC(=O)CO2. The molecule has 29 heavy (non-hydrogen) atoms. The lowest BCUT2D eigenvalue weighted by molar-refractivity contribution is -0.123. The largest absolute Gasteiger partial charge is 0.484 e. The van der Waals surface area contributed by atoms with Crippen LogP contribution in [0.2, 0.25) is 0 Å². The topological polar surface area (TPSA) is 76.7 Å². The zero-order chi connectivity index (χ0) is 20.2. The minimum absolute atomic E-state index is 0.0231. The highest BCUT2D eigenvalue weighted by Gasteiger charge is 2.19. The number of carbonyl (C=O) groups excluding carboxylic acids is 2. The highest BCUT2D eigenvalue weighted by molar-refractivity contribution is 8.19. The lowest BCUT2D eigenvalue weighted by Gasteiger charge is -2.21. The summed E-state index contributed by atoms with van der Waals surface area (Å²) in [6, 6.07) is 13.2. The molecule has 2 aromatic carbocycles. The first kappa shape index (κ1) is 20.0. The van der Waals surface area contributed by atoms with Gasteiger partial charge in [-0.1, -0.05) is 18.2 Å². The molecule has 0 bridgehead atoms. The molecular formula is C21H22N2O4S2. The second-order valence-corrected chi connectivity index (χ2v) is 9.54. The van der Waals surface area contributed by atoms with Crippen molar-refractivity contribution in [2.45, 2.75) is 17.5 Å². The Labute approximate surface area is 178 Å². The molecule has 1 atom stereocenters. The van der Waals surface area contributed by atoms with Gasteiger partial charge in [-0.2, -0.15) is 0 Å². The number of rotatable bonds is 6. The van der Waals surface area contributed by atoms with Crippen molar-refractivity contribution < 1.29 is 19.1 Å². The van der Waals surface area contributed by atoms with Crippen molar-refractivity contribution in [2.24, 2.45) is 0 Å². The van der Waals surface area contributed by atoms with Crippen LogP contribution in [0, 0.1) is 0 Å². The van der Waals surface area contributed by atoms with Crippen molar-refractivity contribution in [1.82, 2.24) is 5.32 Å². The summed E-state index contributed by atoms with van der Waals surface area (Å²) < 4.78 is 11.5. The first-order valence-electron chi connectivity index (χ1n) is 9.40. The predicted molar refractivity (Wildman–Crippen MR) is 117 cm³/mol. The number of nitrogens with one attached hydrogen (secondary N) is 2. The fraction of sp³-hybridized carbons (Fsp3) is 0.333. The van der Waals surface area contributed by atoms with Crippen LogP contribution in [0.4, 0.5) is 5.69 Å². The number of amides is 2. The number of carbonyl (C=O) groups is 2. The molecule has 0 radical (unpaired) electrons. The summed E-state index contributed by atoms with van der Waals surface area (Å²) in [5.74, 6) is 3.30. The van der Waals surface area contributed by atoms with Gasteiger partial charge in [0.15, 0.2) is 13.2 Å². The van der Waals surface area contributed by atoms with E-state index in [1.165, 1.54) is 17.1 Å². The first-order valence-corrected chi connectivity index (χ1v) is 11.5. The molecule has 0 aliphatic carbocycles. The van der Waals surface area contributed by atoms with E-state index in [1.807, 2.05) is 54.7 Å². The van der Waals surface area contributed by atoms with Crippen LogP contribution in [0.25, 0.3) is 0 Å². The zero-order valence-corrected chi connectivity index (χ0v) is 17.6. The zero-order valence-electron chi connectivity index (χ0n) is 16.0. The van der Waals surface area contributed by atoms with Gasteiger partial charge in [-0.3, -0.25) is 9.59 Å². The van der Waals surface area contributed by atoms with E-state index >= 15 is 0 Å².